The summed E-state index contributed by atoms with van der Waals surface area (Å²) in [5, 5.41) is 0. The molecule has 0 N–H and O–H groups in total. The summed E-state index contributed by atoms with van der Waals surface area (Å²) in [6.07, 6.45) is 3.62. The fourth-order valence-corrected chi connectivity index (χ4v) is 1.06. The van der Waals surface area contributed by atoms with Crippen LogP contribution in [0.4, 0.5) is 0 Å². The third kappa shape index (κ3) is 1.80. The van der Waals surface area contributed by atoms with Gasteiger partial charge in [-0.2, -0.15) is 0 Å². The highest BCUT2D eigenvalue weighted by Crippen LogP contribution is 2.11. The predicted octanol–water partition coefficient (Wildman–Crippen LogP) is 2.37. The number of pyridine rings is 1. The largest absolute Gasteiger partial charge is 0.481 e. The van der Waals surface area contributed by atoms with Crippen LogP contribution < -0.4 is 4.74 Å². The summed E-state index contributed by atoms with van der Waals surface area (Å²) in [6.45, 7) is 4.00. The molecule has 2 aromatic heterocycles. The Morgan fingerprint density at radius 2 is 2.08 bits per heavy atom. The molecule has 0 bridgehead atoms. The van der Waals surface area contributed by atoms with E-state index in [1.807, 2.05) is 42.6 Å². The zero-order valence-electron chi connectivity index (χ0n) is 8.19. The summed E-state index contributed by atoms with van der Waals surface area (Å²) in [4.78, 5) is 4.13. The lowest BCUT2D eigenvalue weighted by Crippen LogP contribution is -1.88. The molecule has 0 aromatic carbocycles. The Labute approximate surface area is 78.0 Å². The van der Waals surface area contributed by atoms with E-state index in [9.17, 15) is 0 Å². The third-order valence-electron chi connectivity index (χ3n) is 1.59. The summed E-state index contributed by atoms with van der Waals surface area (Å²) < 4.78 is 6.96. The molecule has 2 heterocycles. The topological polar surface area (TPSA) is 26.5 Å². The number of nitrogens with zero attached hydrogens (tertiary/aromatic N) is 2. The maximum absolute atomic E-state index is 5.07. The Balaban J connectivity index is 0.000000396. The summed E-state index contributed by atoms with van der Waals surface area (Å²) in [7, 11) is 1.64. The molecule has 0 atom stereocenters. The van der Waals surface area contributed by atoms with Gasteiger partial charge in [0, 0.05) is 6.20 Å². The molecular weight excluding hydrogens is 164 g/mol. The highest BCUT2D eigenvalue weighted by atomic mass is 16.5. The van der Waals surface area contributed by atoms with Crippen LogP contribution in [0.5, 0.6) is 5.88 Å². The Kier molecular flexibility index (Phi) is 3.31. The number of methoxy groups -OCH3 is 1. The van der Waals surface area contributed by atoms with Gasteiger partial charge in [-0.25, -0.2) is 4.98 Å². The number of hydrogen-bond donors (Lipinski definition) is 0. The smallest absolute Gasteiger partial charge is 0.218 e. The standard InChI is InChI=1S/C8H8N2O.C2H6/c1-11-8-6-9-7-4-2-3-5-10(7)8;1-2/h2-6H,1H3;1-2H3. The molecule has 13 heavy (non-hydrogen) atoms. The minimum atomic E-state index is 0.764. The van der Waals surface area contributed by atoms with Crippen LogP contribution in [0.2, 0.25) is 0 Å². The lowest BCUT2D eigenvalue weighted by atomic mass is 10.5. The zero-order valence-corrected chi connectivity index (χ0v) is 8.19. The molecule has 2 rings (SSSR count). The Morgan fingerprint density at radius 3 is 2.77 bits per heavy atom. The molecule has 3 heteroatoms. The summed E-state index contributed by atoms with van der Waals surface area (Å²) >= 11 is 0. The van der Waals surface area contributed by atoms with Crippen LogP contribution in [0.25, 0.3) is 5.65 Å². The van der Waals surface area contributed by atoms with Crippen LogP contribution in [-0.4, -0.2) is 16.5 Å². The monoisotopic (exact) mass is 178 g/mol. The fourth-order valence-electron chi connectivity index (χ4n) is 1.06. The van der Waals surface area contributed by atoms with E-state index < -0.39 is 0 Å². The molecule has 0 spiro atoms. The molecule has 0 saturated heterocycles. The van der Waals surface area contributed by atoms with E-state index in [4.69, 9.17) is 4.74 Å². The van der Waals surface area contributed by atoms with Crippen molar-refractivity contribution in [2.24, 2.45) is 0 Å². The molecule has 0 amide bonds. The van der Waals surface area contributed by atoms with Crippen LogP contribution >= 0.6 is 0 Å². The Bertz CT molecular complexity index is 368. The van der Waals surface area contributed by atoms with Crippen molar-refractivity contribution in [2.45, 2.75) is 13.8 Å². The van der Waals surface area contributed by atoms with E-state index in [1.54, 1.807) is 13.3 Å². The maximum atomic E-state index is 5.07. The highest BCUT2D eigenvalue weighted by Gasteiger charge is 1.98. The Hall–Kier alpha value is -1.51. The molecule has 0 fully saturated rings. The van der Waals surface area contributed by atoms with Gasteiger partial charge in [-0.1, -0.05) is 19.9 Å². The van der Waals surface area contributed by atoms with Gasteiger partial charge in [0.05, 0.1) is 13.3 Å². The SMILES string of the molecule is CC.COc1cnc2ccccn12. The normalized spacial score (nSPS) is 9.15. The molecule has 0 aliphatic heterocycles. The first kappa shape index (κ1) is 9.58. The first-order valence-corrected chi connectivity index (χ1v) is 4.38. The van der Waals surface area contributed by atoms with Gasteiger partial charge in [0.2, 0.25) is 5.88 Å². The molecule has 0 aliphatic carbocycles. The van der Waals surface area contributed by atoms with Crippen molar-refractivity contribution in [3.05, 3.63) is 30.6 Å². The molecule has 3 nitrogen and oxygen atoms in total. The van der Waals surface area contributed by atoms with Gasteiger partial charge in [0.25, 0.3) is 0 Å². The molecule has 0 unspecified atom stereocenters. The van der Waals surface area contributed by atoms with Crippen LogP contribution in [0.15, 0.2) is 30.6 Å². The average molecular weight is 178 g/mol. The fraction of sp³-hybridized carbons (Fsp3) is 0.300. The first-order valence-electron chi connectivity index (χ1n) is 4.38. The Morgan fingerprint density at radius 1 is 1.31 bits per heavy atom. The molecule has 70 valence electrons. The highest BCUT2D eigenvalue weighted by molar-refractivity contribution is 5.41. The van der Waals surface area contributed by atoms with Gasteiger partial charge in [-0.05, 0) is 12.1 Å². The van der Waals surface area contributed by atoms with E-state index in [-0.39, 0.29) is 0 Å². The first-order chi connectivity index (χ1) is 6.42. The van der Waals surface area contributed by atoms with Gasteiger partial charge >= 0.3 is 0 Å². The second kappa shape index (κ2) is 4.50. The van der Waals surface area contributed by atoms with Crippen LogP contribution in [0.1, 0.15) is 13.8 Å². The van der Waals surface area contributed by atoms with E-state index in [2.05, 4.69) is 4.98 Å². The van der Waals surface area contributed by atoms with Crippen LogP contribution in [0.3, 0.4) is 0 Å². The molecule has 0 radical (unpaired) electrons. The minimum Gasteiger partial charge on any atom is -0.481 e. The van der Waals surface area contributed by atoms with Crippen molar-refractivity contribution >= 4 is 5.65 Å². The van der Waals surface area contributed by atoms with Crippen molar-refractivity contribution < 1.29 is 4.74 Å². The number of aromatic nitrogens is 2. The van der Waals surface area contributed by atoms with E-state index >= 15 is 0 Å². The van der Waals surface area contributed by atoms with Crippen molar-refractivity contribution in [1.29, 1.82) is 0 Å². The van der Waals surface area contributed by atoms with Crippen LogP contribution in [-0.2, 0) is 0 Å². The van der Waals surface area contributed by atoms with E-state index in [0.717, 1.165) is 11.5 Å². The van der Waals surface area contributed by atoms with Crippen molar-refractivity contribution in [2.75, 3.05) is 7.11 Å². The third-order valence-corrected chi connectivity index (χ3v) is 1.59. The van der Waals surface area contributed by atoms with Gasteiger partial charge in [0.1, 0.15) is 5.65 Å². The van der Waals surface area contributed by atoms with E-state index in [1.165, 1.54) is 0 Å². The minimum absolute atomic E-state index is 0.764. The molecule has 0 saturated carbocycles. The zero-order chi connectivity index (χ0) is 9.68. The van der Waals surface area contributed by atoms with Crippen molar-refractivity contribution in [3.63, 3.8) is 0 Å². The number of rotatable bonds is 1. The molecule has 2 aromatic rings. The average Bonchev–Trinajstić information content (AvgIpc) is 2.64. The molecule has 0 aliphatic rings. The van der Waals surface area contributed by atoms with Crippen LogP contribution in [0, 0.1) is 0 Å². The number of ether oxygens (including phenoxy) is 1. The quantitative estimate of drug-likeness (QED) is 0.670. The predicted molar refractivity (Wildman–Crippen MR) is 53.1 cm³/mol. The van der Waals surface area contributed by atoms with Gasteiger partial charge in [-0.15, -0.1) is 0 Å². The van der Waals surface area contributed by atoms with Gasteiger partial charge < -0.3 is 4.74 Å². The van der Waals surface area contributed by atoms with Gasteiger partial charge in [0.15, 0.2) is 0 Å². The maximum Gasteiger partial charge on any atom is 0.218 e. The van der Waals surface area contributed by atoms with Gasteiger partial charge in [-0.3, -0.25) is 4.40 Å². The number of hydrogen-bond acceptors (Lipinski definition) is 2. The number of fused-ring (bicyclic) bond motifs is 1. The van der Waals surface area contributed by atoms with Crippen molar-refractivity contribution in [1.82, 2.24) is 9.38 Å². The summed E-state index contributed by atoms with van der Waals surface area (Å²) in [5.41, 5.74) is 0.907. The summed E-state index contributed by atoms with van der Waals surface area (Å²) in [6, 6.07) is 5.82. The van der Waals surface area contributed by atoms with E-state index in [0.29, 0.717) is 0 Å². The second-order valence-corrected chi connectivity index (χ2v) is 2.23. The number of imidazole rings is 1. The second-order valence-electron chi connectivity index (χ2n) is 2.23. The lowest BCUT2D eigenvalue weighted by Gasteiger charge is -1.96. The summed E-state index contributed by atoms with van der Waals surface area (Å²) in [5.74, 6) is 0.764. The molecular formula is C10H14N2O. The van der Waals surface area contributed by atoms with Crippen molar-refractivity contribution in [3.8, 4) is 5.88 Å². The lowest BCUT2D eigenvalue weighted by molar-refractivity contribution is 0.394.